The normalized spacial score (nSPS) is 9.14. The first kappa shape index (κ1) is 12.6. The van der Waals surface area contributed by atoms with Crippen molar-refractivity contribution in [2.75, 3.05) is 6.61 Å². The van der Waals surface area contributed by atoms with Crippen molar-refractivity contribution in [3.8, 4) is 0 Å². The van der Waals surface area contributed by atoms with E-state index in [4.69, 9.17) is 5.11 Å². The third-order valence-electron chi connectivity index (χ3n) is 1.54. The van der Waals surface area contributed by atoms with Gasteiger partial charge in [0.05, 0.1) is 6.61 Å². The van der Waals surface area contributed by atoms with Gasteiger partial charge in [-0.2, -0.15) is 0 Å². The summed E-state index contributed by atoms with van der Waals surface area (Å²) in [7, 11) is 0. The first-order chi connectivity index (χ1) is 6.66. The SMILES string of the molecule is Cc1ncc([N+](=O)[O-])n1CCO.[CH2]C. The van der Waals surface area contributed by atoms with Gasteiger partial charge in [-0.15, -0.1) is 0 Å². The van der Waals surface area contributed by atoms with Gasteiger partial charge in [-0.3, -0.25) is 0 Å². The lowest BCUT2D eigenvalue weighted by atomic mass is 10.6. The third-order valence-corrected chi connectivity index (χ3v) is 1.54. The maximum Gasteiger partial charge on any atom is 0.342 e. The molecule has 1 aromatic heterocycles. The minimum Gasteiger partial charge on any atom is -0.392 e. The summed E-state index contributed by atoms with van der Waals surface area (Å²) in [5, 5.41) is 19.0. The Balaban J connectivity index is 0.000000791. The molecule has 1 heterocycles. The molecule has 0 unspecified atom stereocenters. The first-order valence-corrected chi connectivity index (χ1v) is 4.15. The van der Waals surface area contributed by atoms with Gasteiger partial charge >= 0.3 is 5.82 Å². The Morgan fingerprint density at radius 3 is 2.71 bits per heavy atom. The van der Waals surface area contributed by atoms with Crippen molar-refractivity contribution in [3.63, 3.8) is 0 Å². The summed E-state index contributed by atoms with van der Waals surface area (Å²) in [6.45, 7) is 6.74. The fourth-order valence-electron chi connectivity index (χ4n) is 0.978. The molecule has 0 saturated carbocycles. The van der Waals surface area contributed by atoms with E-state index in [2.05, 4.69) is 11.9 Å². The maximum absolute atomic E-state index is 10.4. The lowest BCUT2D eigenvalue weighted by Crippen LogP contribution is -2.07. The van der Waals surface area contributed by atoms with Crippen LogP contribution in [0, 0.1) is 24.0 Å². The molecule has 0 aliphatic heterocycles. The summed E-state index contributed by atoms with van der Waals surface area (Å²) >= 11 is 0. The molecule has 79 valence electrons. The Bertz CT molecular complexity index is 296. The van der Waals surface area contributed by atoms with Crippen molar-refractivity contribution in [3.05, 3.63) is 29.1 Å². The van der Waals surface area contributed by atoms with Crippen LogP contribution in [-0.2, 0) is 6.54 Å². The molecule has 6 heteroatoms. The van der Waals surface area contributed by atoms with E-state index in [0.717, 1.165) is 0 Å². The lowest BCUT2D eigenvalue weighted by Gasteiger charge is -1.98. The van der Waals surface area contributed by atoms with Gasteiger partial charge in [0.2, 0.25) is 0 Å². The molecule has 0 bridgehead atoms. The average Bonchev–Trinajstić information content (AvgIpc) is 2.52. The van der Waals surface area contributed by atoms with Crippen molar-refractivity contribution in [1.29, 1.82) is 0 Å². The van der Waals surface area contributed by atoms with E-state index < -0.39 is 4.92 Å². The number of rotatable bonds is 3. The summed E-state index contributed by atoms with van der Waals surface area (Å²) in [5.74, 6) is 0.456. The van der Waals surface area contributed by atoms with Crippen LogP contribution in [0.5, 0.6) is 0 Å². The molecule has 0 aliphatic rings. The molecule has 1 rings (SSSR count). The van der Waals surface area contributed by atoms with Crippen molar-refractivity contribution >= 4 is 5.82 Å². The molecule has 6 nitrogen and oxygen atoms in total. The highest BCUT2D eigenvalue weighted by molar-refractivity contribution is 5.18. The Kier molecular flexibility index (Phi) is 5.47. The standard InChI is InChI=1S/C6H9N3O3.C2H5/c1-5-7-4-6(9(11)12)8(5)2-3-10;1-2/h4,10H,2-3H2,1H3;1H2,2H3. The molecule has 1 radical (unpaired) electrons. The molecular weight excluding hydrogens is 186 g/mol. The van der Waals surface area contributed by atoms with Crippen molar-refractivity contribution in [2.45, 2.75) is 20.4 Å². The maximum atomic E-state index is 10.4. The molecule has 0 aliphatic carbocycles. The first-order valence-electron chi connectivity index (χ1n) is 4.15. The molecule has 0 fully saturated rings. The zero-order valence-electron chi connectivity index (χ0n) is 8.30. The smallest absolute Gasteiger partial charge is 0.342 e. The van der Waals surface area contributed by atoms with Crippen LogP contribution in [0.25, 0.3) is 0 Å². The molecule has 0 saturated heterocycles. The van der Waals surface area contributed by atoms with Crippen LogP contribution in [-0.4, -0.2) is 26.2 Å². The van der Waals surface area contributed by atoms with Gasteiger partial charge in [-0.05, 0) is 4.92 Å². The van der Waals surface area contributed by atoms with E-state index in [9.17, 15) is 10.1 Å². The van der Waals surface area contributed by atoms with Crippen LogP contribution in [0.4, 0.5) is 5.82 Å². The zero-order valence-corrected chi connectivity index (χ0v) is 8.30. The molecule has 1 N–H and O–H groups in total. The Morgan fingerprint density at radius 1 is 1.71 bits per heavy atom. The topological polar surface area (TPSA) is 81.2 Å². The summed E-state index contributed by atoms with van der Waals surface area (Å²) in [6, 6.07) is 0. The van der Waals surface area contributed by atoms with Crippen molar-refractivity contribution < 1.29 is 10.0 Å². The van der Waals surface area contributed by atoms with Gasteiger partial charge in [0.1, 0.15) is 12.7 Å². The van der Waals surface area contributed by atoms with E-state index in [0.29, 0.717) is 5.82 Å². The van der Waals surface area contributed by atoms with Gasteiger partial charge in [0, 0.05) is 6.92 Å². The Hall–Kier alpha value is -1.43. The highest BCUT2D eigenvalue weighted by atomic mass is 16.6. The number of hydrogen-bond acceptors (Lipinski definition) is 4. The number of aliphatic hydroxyl groups is 1. The molecular formula is C8H14N3O3. The van der Waals surface area contributed by atoms with Crippen LogP contribution < -0.4 is 0 Å². The second-order valence-corrected chi connectivity index (χ2v) is 2.30. The van der Waals surface area contributed by atoms with Gasteiger partial charge in [-0.25, -0.2) is 9.55 Å². The van der Waals surface area contributed by atoms with Crippen LogP contribution in [0.15, 0.2) is 6.20 Å². The predicted molar refractivity (Wildman–Crippen MR) is 51.7 cm³/mol. The molecule has 0 aromatic carbocycles. The zero-order chi connectivity index (χ0) is 11.1. The second kappa shape index (κ2) is 6.09. The number of nitro groups is 1. The van der Waals surface area contributed by atoms with Gasteiger partial charge in [0.25, 0.3) is 0 Å². The fourth-order valence-corrected chi connectivity index (χ4v) is 0.978. The largest absolute Gasteiger partial charge is 0.392 e. The number of nitrogens with zero attached hydrogens (tertiary/aromatic N) is 3. The van der Waals surface area contributed by atoms with Gasteiger partial charge in [0.15, 0.2) is 5.82 Å². The predicted octanol–water partition coefficient (Wildman–Crippen LogP) is 0.932. The lowest BCUT2D eigenvalue weighted by molar-refractivity contribution is -0.392. The monoisotopic (exact) mass is 200 g/mol. The Morgan fingerprint density at radius 2 is 2.29 bits per heavy atom. The highest BCUT2D eigenvalue weighted by Gasteiger charge is 2.15. The number of aromatic nitrogens is 2. The number of hydrogen-bond donors (Lipinski definition) is 1. The number of imidazole rings is 1. The quantitative estimate of drug-likeness (QED) is 0.581. The molecule has 0 amide bonds. The summed E-state index contributed by atoms with van der Waals surface area (Å²) < 4.78 is 1.36. The summed E-state index contributed by atoms with van der Waals surface area (Å²) in [6.07, 6.45) is 1.19. The molecule has 0 spiro atoms. The molecule has 1 aromatic rings. The van der Waals surface area contributed by atoms with Crippen LogP contribution in [0.2, 0.25) is 0 Å². The minimum atomic E-state index is -0.518. The van der Waals surface area contributed by atoms with Crippen molar-refractivity contribution in [1.82, 2.24) is 9.55 Å². The Labute approximate surface area is 82.3 Å². The van der Waals surface area contributed by atoms with Crippen LogP contribution in [0.1, 0.15) is 12.7 Å². The average molecular weight is 200 g/mol. The van der Waals surface area contributed by atoms with Crippen molar-refractivity contribution in [2.24, 2.45) is 0 Å². The van der Waals surface area contributed by atoms with Gasteiger partial charge < -0.3 is 15.2 Å². The van der Waals surface area contributed by atoms with E-state index in [1.54, 1.807) is 13.8 Å². The number of aliphatic hydroxyl groups excluding tert-OH is 1. The minimum absolute atomic E-state index is 0.0819. The van der Waals surface area contributed by atoms with E-state index in [1.807, 2.05) is 0 Å². The molecule has 14 heavy (non-hydrogen) atoms. The summed E-state index contributed by atoms with van der Waals surface area (Å²) in [4.78, 5) is 13.6. The summed E-state index contributed by atoms with van der Waals surface area (Å²) in [5.41, 5.74) is 0. The van der Waals surface area contributed by atoms with Crippen LogP contribution in [0.3, 0.4) is 0 Å². The van der Waals surface area contributed by atoms with E-state index in [-0.39, 0.29) is 19.0 Å². The second-order valence-electron chi connectivity index (χ2n) is 2.30. The highest BCUT2D eigenvalue weighted by Crippen LogP contribution is 2.12. The third kappa shape index (κ3) is 2.81. The van der Waals surface area contributed by atoms with E-state index in [1.165, 1.54) is 10.8 Å². The fraction of sp³-hybridized carbons (Fsp3) is 0.500. The van der Waals surface area contributed by atoms with Gasteiger partial charge in [-0.1, -0.05) is 13.8 Å². The van der Waals surface area contributed by atoms with Crippen LogP contribution >= 0.6 is 0 Å². The molecule has 0 atom stereocenters. The van der Waals surface area contributed by atoms with E-state index >= 15 is 0 Å². The number of aryl methyl sites for hydroxylation is 1.